The molecule has 0 saturated carbocycles. The number of ether oxygens (including phenoxy) is 3. The number of aromatic nitrogens is 1. The average Bonchev–Trinajstić information content (AvgIpc) is 3.26. The Morgan fingerprint density at radius 2 is 1.69 bits per heavy atom. The molecular weight excluding hydrogens is 442 g/mol. The Morgan fingerprint density at radius 1 is 0.943 bits per heavy atom. The van der Waals surface area contributed by atoms with Gasteiger partial charge in [-0.2, -0.15) is 0 Å². The van der Waals surface area contributed by atoms with E-state index >= 15 is 0 Å². The molecule has 4 aromatic rings. The molecular formula is C28H29N3O4. The van der Waals surface area contributed by atoms with E-state index in [1.54, 1.807) is 21.3 Å². The first-order valence-corrected chi connectivity index (χ1v) is 11.6. The summed E-state index contributed by atoms with van der Waals surface area (Å²) in [5.41, 5.74) is 5.93. The number of nitrogens with one attached hydrogen (secondary N) is 2. The zero-order chi connectivity index (χ0) is 24.5. The molecule has 0 saturated heterocycles. The van der Waals surface area contributed by atoms with Crippen molar-refractivity contribution in [3.8, 4) is 17.2 Å². The molecule has 2 N–H and O–H groups in total. The molecule has 3 aromatic carbocycles. The van der Waals surface area contributed by atoms with Crippen LogP contribution >= 0.6 is 0 Å². The molecule has 2 heterocycles. The third-order valence-electron chi connectivity index (χ3n) is 6.62. The van der Waals surface area contributed by atoms with Crippen molar-refractivity contribution in [2.45, 2.75) is 19.4 Å². The van der Waals surface area contributed by atoms with E-state index in [4.69, 9.17) is 14.2 Å². The van der Waals surface area contributed by atoms with Gasteiger partial charge in [0.1, 0.15) is 17.2 Å². The molecule has 1 aromatic heterocycles. The van der Waals surface area contributed by atoms with E-state index in [0.29, 0.717) is 18.0 Å². The SMILES string of the molecule is COc1ccc(C2c3[nH]c4ccc(OC)cc4c3CCN2C(=O)Nc2cc(C)ccc2OC)cc1. The highest BCUT2D eigenvalue weighted by molar-refractivity contribution is 5.93. The van der Waals surface area contributed by atoms with Crippen LogP contribution in [0.3, 0.4) is 0 Å². The number of amides is 2. The van der Waals surface area contributed by atoms with Crippen LogP contribution in [0.1, 0.15) is 28.4 Å². The number of H-pyrrole nitrogens is 1. The second-order valence-corrected chi connectivity index (χ2v) is 8.68. The van der Waals surface area contributed by atoms with Crippen molar-refractivity contribution in [3.63, 3.8) is 0 Å². The number of carbonyl (C=O) groups is 1. The highest BCUT2D eigenvalue weighted by atomic mass is 16.5. The number of aromatic amines is 1. The van der Waals surface area contributed by atoms with Crippen LogP contribution in [0.25, 0.3) is 10.9 Å². The van der Waals surface area contributed by atoms with Crippen molar-refractivity contribution in [1.29, 1.82) is 0 Å². The minimum Gasteiger partial charge on any atom is -0.497 e. The maximum Gasteiger partial charge on any atom is 0.322 e. The number of fused-ring (bicyclic) bond motifs is 3. The monoisotopic (exact) mass is 471 g/mol. The predicted octanol–water partition coefficient (Wildman–Crippen LogP) is 5.68. The number of anilines is 1. The molecule has 1 aliphatic rings. The van der Waals surface area contributed by atoms with Crippen LogP contribution < -0.4 is 19.5 Å². The zero-order valence-corrected chi connectivity index (χ0v) is 20.3. The first-order chi connectivity index (χ1) is 17.0. The molecule has 0 aliphatic carbocycles. The first kappa shape index (κ1) is 22.7. The highest BCUT2D eigenvalue weighted by Crippen LogP contribution is 2.40. The second-order valence-electron chi connectivity index (χ2n) is 8.68. The van der Waals surface area contributed by atoms with Gasteiger partial charge in [0, 0.05) is 23.1 Å². The number of urea groups is 1. The molecule has 7 nitrogen and oxygen atoms in total. The largest absolute Gasteiger partial charge is 0.497 e. The summed E-state index contributed by atoms with van der Waals surface area (Å²) in [5.74, 6) is 2.21. The summed E-state index contributed by atoms with van der Waals surface area (Å²) in [7, 11) is 4.92. The van der Waals surface area contributed by atoms with Crippen molar-refractivity contribution >= 4 is 22.6 Å². The van der Waals surface area contributed by atoms with E-state index in [1.807, 2.05) is 66.4 Å². The average molecular weight is 472 g/mol. The van der Waals surface area contributed by atoms with Gasteiger partial charge in [-0.05, 0) is 72.5 Å². The van der Waals surface area contributed by atoms with Gasteiger partial charge in [-0.15, -0.1) is 0 Å². The molecule has 1 unspecified atom stereocenters. The summed E-state index contributed by atoms with van der Waals surface area (Å²) in [5, 5.41) is 4.20. The number of carbonyl (C=O) groups excluding carboxylic acids is 1. The summed E-state index contributed by atoms with van der Waals surface area (Å²) < 4.78 is 16.3. The van der Waals surface area contributed by atoms with Crippen LogP contribution in [-0.4, -0.2) is 43.8 Å². The zero-order valence-electron chi connectivity index (χ0n) is 20.3. The van der Waals surface area contributed by atoms with Crippen LogP contribution in [0, 0.1) is 6.92 Å². The van der Waals surface area contributed by atoms with Gasteiger partial charge >= 0.3 is 6.03 Å². The fourth-order valence-electron chi connectivity index (χ4n) is 4.85. The molecule has 0 fully saturated rings. The molecule has 0 radical (unpaired) electrons. The summed E-state index contributed by atoms with van der Waals surface area (Å²) in [4.78, 5) is 19.1. The number of aryl methyl sites for hydroxylation is 1. The van der Waals surface area contributed by atoms with E-state index in [1.165, 1.54) is 5.56 Å². The van der Waals surface area contributed by atoms with Crippen LogP contribution in [0.15, 0.2) is 60.7 Å². The Labute approximate surface area is 204 Å². The Balaban J connectivity index is 1.58. The Morgan fingerprint density at radius 3 is 2.40 bits per heavy atom. The van der Waals surface area contributed by atoms with Crippen molar-refractivity contribution in [2.24, 2.45) is 0 Å². The van der Waals surface area contributed by atoms with Gasteiger partial charge < -0.3 is 29.4 Å². The third-order valence-corrected chi connectivity index (χ3v) is 6.62. The van der Waals surface area contributed by atoms with E-state index in [0.717, 1.165) is 45.6 Å². The van der Waals surface area contributed by atoms with Crippen molar-refractivity contribution < 1.29 is 19.0 Å². The lowest BCUT2D eigenvalue weighted by Crippen LogP contribution is -2.43. The highest BCUT2D eigenvalue weighted by Gasteiger charge is 2.35. The minimum absolute atomic E-state index is 0.184. The van der Waals surface area contributed by atoms with Crippen LogP contribution in [0.5, 0.6) is 17.2 Å². The van der Waals surface area contributed by atoms with E-state index in [2.05, 4.69) is 16.4 Å². The molecule has 0 spiro atoms. The molecule has 1 aliphatic heterocycles. The summed E-state index contributed by atoms with van der Waals surface area (Å²) in [6.45, 7) is 2.55. The molecule has 7 heteroatoms. The van der Waals surface area contributed by atoms with E-state index < -0.39 is 0 Å². The summed E-state index contributed by atoms with van der Waals surface area (Å²) in [6.07, 6.45) is 0.730. The van der Waals surface area contributed by atoms with Crippen LogP contribution in [0.2, 0.25) is 0 Å². The van der Waals surface area contributed by atoms with Crippen LogP contribution in [0.4, 0.5) is 10.5 Å². The predicted molar refractivity (Wildman–Crippen MR) is 137 cm³/mol. The fourth-order valence-corrected chi connectivity index (χ4v) is 4.85. The summed E-state index contributed by atoms with van der Waals surface area (Å²) in [6, 6.07) is 19.2. The number of hydrogen-bond donors (Lipinski definition) is 2. The maximum atomic E-state index is 13.7. The van der Waals surface area contributed by atoms with Crippen molar-refractivity contribution in [2.75, 3.05) is 33.2 Å². The van der Waals surface area contributed by atoms with Crippen molar-refractivity contribution in [3.05, 3.63) is 83.0 Å². The van der Waals surface area contributed by atoms with Crippen LogP contribution in [-0.2, 0) is 6.42 Å². The van der Waals surface area contributed by atoms with Gasteiger partial charge in [-0.25, -0.2) is 4.79 Å². The number of hydrogen-bond acceptors (Lipinski definition) is 4. The molecule has 5 rings (SSSR count). The van der Waals surface area contributed by atoms with Gasteiger partial charge in [0.15, 0.2) is 0 Å². The Hall–Kier alpha value is -4.13. The first-order valence-electron chi connectivity index (χ1n) is 11.6. The summed E-state index contributed by atoms with van der Waals surface area (Å²) >= 11 is 0. The molecule has 180 valence electrons. The van der Waals surface area contributed by atoms with Gasteiger partial charge in [0.25, 0.3) is 0 Å². The van der Waals surface area contributed by atoms with Gasteiger partial charge in [0.2, 0.25) is 0 Å². The number of methoxy groups -OCH3 is 3. The lowest BCUT2D eigenvalue weighted by atomic mass is 9.92. The molecule has 2 amide bonds. The third kappa shape index (κ3) is 4.14. The standard InChI is InChI=1S/C28H29N3O4/c1-17-5-12-25(35-4)24(15-17)30-28(32)31-14-13-21-22-16-20(34-3)10-11-23(22)29-26(21)27(31)18-6-8-19(33-2)9-7-18/h5-12,15-16,27,29H,13-14H2,1-4H3,(H,30,32). The molecule has 0 bridgehead atoms. The lowest BCUT2D eigenvalue weighted by Gasteiger charge is -2.36. The van der Waals surface area contributed by atoms with E-state index in [9.17, 15) is 4.79 Å². The fraction of sp³-hybridized carbons (Fsp3) is 0.250. The quantitative estimate of drug-likeness (QED) is 0.393. The lowest BCUT2D eigenvalue weighted by molar-refractivity contribution is 0.193. The van der Waals surface area contributed by atoms with Gasteiger partial charge in [-0.1, -0.05) is 18.2 Å². The van der Waals surface area contributed by atoms with E-state index in [-0.39, 0.29) is 12.1 Å². The Bertz CT molecular complexity index is 1380. The van der Waals surface area contributed by atoms with Gasteiger partial charge in [-0.3, -0.25) is 0 Å². The minimum atomic E-state index is -0.293. The number of benzene rings is 3. The number of nitrogens with zero attached hydrogens (tertiary/aromatic N) is 1. The Kier molecular flexibility index (Phi) is 5.99. The maximum absolute atomic E-state index is 13.7. The number of rotatable bonds is 5. The van der Waals surface area contributed by atoms with Crippen molar-refractivity contribution in [1.82, 2.24) is 9.88 Å². The topological polar surface area (TPSA) is 75.8 Å². The van der Waals surface area contributed by atoms with Gasteiger partial charge in [0.05, 0.1) is 33.1 Å². The normalized spacial score (nSPS) is 15.0. The second kappa shape index (κ2) is 9.25. The molecule has 1 atom stereocenters. The smallest absolute Gasteiger partial charge is 0.322 e. The molecule has 35 heavy (non-hydrogen) atoms.